The van der Waals surface area contributed by atoms with E-state index >= 15 is 0 Å². The van der Waals surface area contributed by atoms with Crippen molar-refractivity contribution in [2.75, 3.05) is 13.1 Å². The Morgan fingerprint density at radius 1 is 1.47 bits per heavy atom. The van der Waals surface area contributed by atoms with Crippen LogP contribution in [0.3, 0.4) is 0 Å². The molecule has 15 heavy (non-hydrogen) atoms. The zero-order valence-corrected chi connectivity index (χ0v) is 9.72. The highest BCUT2D eigenvalue weighted by atomic mass is 35.5. The molecule has 0 spiro atoms. The van der Waals surface area contributed by atoms with E-state index in [-0.39, 0.29) is 5.25 Å². The molecule has 0 unspecified atom stereocenters. The van der Waals surface area contributed by atoms with Gasteiger partial charge in [-0.1, -0.05) is 11.6 Å². The zero-order chi connectivity index (χ0) is 10.7. The molecule has 2 heterocycles. The van der Waals surface area contributed by atoms with Crippen molar-refractivity contribution < 1.29 is 4.21 Å². The van der Waals surface area contributed by atoms with Gasteiger partial charge in [-0.25, -0.2) is 0 Å². The molecule has 1 aromatic rings. The average molecular weight is 246 g/mol. The zero-order valence-electron chi connectivity index (χ0n) is 8.15. The van der Waals surface area contributed by atoms with E-state index in [0.717, 1.165) is 25.9 Å². The lowest BCUT2D eigenvalue weighted by molar-refractivity contribution is 0.518. The summed E-state index contributed by atoms with van der Waals surface area (Å²) in [5.74, 6) is 0. The Morgan fingerprint density at radius 3 is 2.93 bits per heavy atom. The van der Waals surface area contributed by atoms with E-state index in [0.29, 0.717) is 10.2 Å². The molecule has 0 amide bonds. The molecule has 2 rings (SSSR count). The monoisotopic (exact) mass is 245 g/mol. The molecule has 6 heteroatoms. The molecule has 1 fully saturated rings. The minimum absolute atomic E-state index is 0.147. The number of rotatable bonds is 2. The maximum atomic E-state index is 12.0. The number of halogens is 1. The van der Waals surface area contributed by atoms with Gasteiger partial charge in [0, 0.05) is 6.54 Å². The van der Waals surface area contributed by atoms with Crippen LogP contribution in [-0.2, 0) is 10.8 Å². The van der Waals surface area contributed by atoms with Crippen molar-refractivity contribution in [3.63, 3.8) is 0 Å². The second-order valence-electron chi connectivity index (χ2n) is 3.46. The number of nitrogens with one attached hydrogen (secondary N) is 1. The molecule has 0 radical (unpaired) electrons. The normalized spacial score (nSPS) is 23.7. The summed E-state index contributed by atoms with van der Waals surface area (Å²) in [6, 6.07) is 3.30. The molecule has 0 aromatic carbocycles. The van der Waals surface area contributed by atoms with E-state index in [1.165, 1.54) is 0 Å². The third-order valence-corrected chi connectivity index (χ3v) is 4.21. The molecule has 1 aromatic heterocycles. The van der Waals surface area contributed by atoms with Gasteiger partial charge in [0.2, 0.25) is 0 Å². The Hall–Kier alpha value is -0.520. The summed E-state index contributed by atoms with van der Waals surface area (Å²) in [5.41, 5.74) is 0. The van der Waals surface area contributed by atoms with Crippen LogP contribution in [0.15, 0.2) is 17.2 Å². The molecule has 1 aliphatic rings. The van der Waals surface area contributed by atoms with Gasteiger partial charge in [-0.05, 0) is 31.5 Å². The molecule has 1 aliphatic heterocycles. The van der Waals surface area contributed by atoms with E-state index in [4.69, 9.17) is 11.6 Å². The molecular formula is C9H12ClN3OS. The van der Waals surface area contributed by atoms with Gasteiger partial charge in [-0.3, -0.25) is 4.21 Å². The van der Waals surface area contributed by atoms with E-state index in [9.17, 15) is 4.21 Å². The quantitative estimate of drug-likeness (QED) is 0.844. The van der Waals surface area contributed by atoms with Gasteiger partial charge in [-0.2, -0.15) is 0 Å². The SMILES string of the molecule is O=[S@@](c1ccc(Cl)nn1)[C@H]1CCCNC1. The molecule has 2 atom stereocenters. The van der Waals surface area contributed by atoms with Crippen molar-refractivity contribution in [1.82, 2.24) is 15.5 Å². The van der Waals surface area contributed by atoms with Crippen LogP contribution in [0.5, 0.6) is 0 Å². The highest BCUT2D eigenvalue weighted by Gasteiger charge is 2.21. The first kappa shape index (κ1) is 11.0. The van der Waals surface area contributed by atoms with Crippen molar-refractivity contribution in [2.45, 2.75) is 23.1 Å². The van der Waals surface area contributed by atoms with E-state index in [1.54, 1.807) is 12.1 Å². The van der Waals surface area contributed by atoms with Crippen LogP contribution in [-0.4, -0.2) is 32.7 Å². The summed E-state index contributed by atoms with van der Waals surface area (Å²) >= 11 is 5.62. The van der Waals surface area contributed by atoms with Gasteiger partial charge >= 0.3 is 0 Å². The molecule has 4 nitrogen and oxygen atoms in total. The summed E-state index contributed by atoms with van der Waals surface area (Å²) in [5, 5.41) is 11.8. The van der Waals surface area contributed by atoms with Gasteiger partial charge in [0.15, 0.2) is 5.15 Å². The van der Waals surface area contributed by atoms with Crippen molar-refractivity contribution in [2.24, 2.45) is 0 Å². The Morgan fingerprint density at radius 2 is 2.33 bits per heavy atom. The van der Waals surface area contributed by atoms with Crippen LogP contribution < -0.4 is 5.32 Å². The first-order chi connectivity index (χ1) is 7.27. The number of piperidine rings is 1. The van der Waals surface area contributed by atoms with Crippen molar-refractivity contribution in [3.05, 3.63) is 17.3 Å². The lowest BCUT2D eigenvalue weighted by Gasteiger charge is -2.21. The minimum Gasteiger partial charge on any atom is -0.316 e. The second-order valence-corrected chi connectivity index (χ2v) is 5.53. The van der Waals surface area contributed by atoms with E-state index in [1.807, 2.05) is 0 Å². The maximum absolute atomic E-state index is 12.0. The number of hydrogen-bond donors (Lipinski definition) is 1. The Balaban J connectivity index is 2.09. The van der Waals surface area contributed by atoms with Crippen molar-refractivity contribution in [1.29, 1.82) is 0 Å². The summed E-state index contributed by atoms with van der Waals surface area (Å²) in [6.45, 7) is 1.80. The standard InChI is InChI=1S/C9H12ClN3OS/c10-8-3-4-9(13-12-8)15(14)7-2-1-5-11-6-7/h3-4,7,11H,1-2,5-6H2/t7-,15+/m0/s1. The van der Waals surface area contributed by atoms with Gasteiger partial charge in [0.05, 0.1) is 16.0 Å². The van der Waals surface area contributed by atoms with Gasteiger partial charge < -0.3 is 5.32 Å². The van der Waals surface area contributed by atoms with Crippen LogP contribution in [0.4, 0.5) is 0 Å². The van der Waals surface area contributed by atoms with Crippen LogP contribution in [0.25, 0.3) is 0 Å². The first-order valence-electron chi connectivity index (χ1n) is 4.88. The molecule has 1 saturated heterocycles. The highest BCUT2D eigenvalue weighted by Crippen LogP contribution is 2.15. The van der Waals surface area contributed by atoms with Crippen LogP contribution in [0.1, 0.15) is 12.8 Å². The predicted molar refractivity (Wildman–Crippen MR) is 59.3 cm³/mol. The second kappa shape index (κ2) is 5.01. The largest absolute Gasteiger partial charge is 0.316 e. The van der Waals surface area contributed by atoms with Crippen molar-refractivity contribution in [3.8, 4) is 0 Å². The van der Waals surface area contributed by atoms with E-state index < -0.39 is 10.8 Å². The van der Waals surface area contributed by atoms with E-state index in [2.05, 4.69) is 15.5 Å². The molecule has 0 bridgehead atoms. The van der Waals surface area contributed by atoms with Gasteiger partial charge in [0.25, 0.3) is 0 Å². The summed E-state index contributed by atoms with van der Waals surface area (Å²) < 4.78 is 12.0. The fourth-order valence-corrected chi connectivity index (χ4v) is 3.00. The Kier molecular flexibility index (Phi) is 3.66. The highest BCUT2D eigenvalue weighted by molar-refractivity contribution is 7.85. The van der Waals surface area contributed by atoms with Gasteiger partial charge in [-0.15, -0.1) is 10.2 Å². The topological polar surface area (TPSA) is 54.9 Å². The summed E-state index contributed by atoms with van der Waals surface area (Å²) in [7, 11) is -1.07. The van der Waals surface area contributed by atoms with Crippen LogP contribution in [0, 0.1) is 0 Å². The van der Waals surface area contributed by atoms with Crippen LogP contribution >= 0.6 is 11.6 Å². The number of hydrogen-bond acceptors (Lipinski definition) is 4. The van der Waals surface area contributed by atoms with Crippen molar-refractivity contribution >= 4 is 22.4 Å². The maximum Gasteiger partial charge on any atom is 0.151 e. The fourth-order valence-electron chi connectivity index (χ4n) is 1.58. The third kappa shape index (κ3) is 2.74. The predicted octanol–water partition coefficient (Wildman–Crippen LogP) is 0.990. The fraction of sp³-hybridized carbons (Fsp3) is 0.556. The van der Waals surface area contributed by atoms with Gasteiger partial charge in [0.1, 0.15) is 5.03 Å². The average Bonchev–Trinajstić information content (AvgIpc) is 2.30. The van der Waals surface area contributed by atoms with Crippen LogP contribution in [0.2, 0.25) is 5.15 Å². The summed E-state index contributed by atoms with van der Waals surface area (Å²) in [6.07, 6.45) is 2.04. The Bertz CT molecular complexity index is 351. The molecular weight excluding hydrogens is 234 g/mol. The Labute approximate surface area is 95.9 Å². The molecule has 0 saturated carbocycles. The number of nitrogens with zero attached hydrogens (tertiary/aromatic N) is 2. The molecule has 0 aliphatic carbocycles. The minimum atomic E-state index is -1.07. The summed E-state index contributed by atoms with van der Waals surface area (Å²) in [4.78, 5) is 0. The molecule has 82 valence electrons. The molecule has 1 N–H and O–H groups in total. The number of aromatic nitrogens is 2. The lowest BCUT2D eigenvalue weighted by Crippen LogP contribution is -2.36. The smallest absolute Gasteiger partial charge is 0.151 e. The third-order valence-electron chi connectivity index (χ3n) is 2.37. The first-order valence-corrected chi connectivity index (χ1v) is 6.47. The lowest BCUT2D eigenvalue weighted by atomic mass is 10.2.